The summed E-state index contributed by atoms with van der Waals surface area (Å²) in [5.41, 5.74) is -0.653. The maximum Gasteiger partial charge on any atom is 0.416 e. The van der Waals surface area contributed by atoms with Crippen LogP contribution in [0.5, 0.6) is 11.5 Å². The zero-order valence-electron chi connectivity index (χ0n) is 15.8. The number of hydrogen-bond acceptors (Lipinski definition) is 3. The molecule has 0 aliphatic carbocycles. The van der Waals surface area contributed by atoms with Crippen molar-refractivity contribution in [3.63, 3.8) is 0 Å². The molecule has 0 bridgehead atoms. The van der Waals surface area contributed by atoms with E-state index in [-0.39, 0.29) is 54.3 Å². The number of phenols is 1. The Morgan fingerprint density at radius 3 is 2.48 bits per heavy atom. The van der Waals surface area contributed by atoms with Crippen LogP contribution in [-0.4, -0.2) is 24.7 Å². The number of ether oxygens (including phenoxy) is 1. The zero-order chi connectivity index (χ0) is 20.7. The maximum absolute atomic E-state index is 13.2. The summed E-state index contributed by atoms with van der Waals surface area (Å²) in [5.74, 6) is -0.457. The van der Waals surface area contributed by atoms with E-state index in [1.807, 2.05) is 0 Å². The Morgan fingerprint density at radius 1 is 1.14 bits per heavy atom. The number of methoxy groups -OCH3 is 1. The van der Waals surface area contributed by atoms with Gasteiger partial charge >= 0.3 is 6.18 Å². The van der Waals surface area contributed by atoms with Gasteiger partial charge in [0.1, 0.15) is 5.82 Å². The number of aliphatic imine (C=N–C) groups is 1. The van der Waals surface area contributed by atoms with E-state index in [1.165, 1.54) is 7.11 Å². The Balaban J connectivity index is 0.00000420. The highest BCUT2D eigenvalue weighted by molar-refractivity contribution is 14.0. The number of nitrogens with zero attached hydrogens (tertiary/aromatic N) is 1. The Kier molecular flexibility index (Phi) is 9.47. The van der Waals surface area contributed by atoms with Crippen molar-refractivity contribution in [2.24, 2.45) is 4.99 Å². The van der Waals surface area contributed by atoms with Gasteiger partial charge in [0.25, 0.3) is 0 Å². The lowest BCUT2D eigenvalue weighted by Crippen LogP contribution is -2.37. The first-order valence-corrected chi connectivity index (χ1v) is 8.49. The van der Waals surface area contributed by atoms with Crippen molar-refractivity contribution in [1.29, 1.82) is 0 Å². The predicted molar refractivity (Wildman–Crippen MR) is 113 cm³/mol. The fourth-order valence-electron chi connectivity index (χ4n) is 2.51. The number of hydrogen-bond donors (Lipinski definition) is 3. The first-order chi connectivity index (χ1) is 13.3. The van der Waals surface area contributed by atoms with Crippen LogP contribution >= 0.6 is 24.0 Å². The van der Waals surface area contributed by atoms with Gasteiger partial charge in [0.2, 0.25) is 0 Å². The maximum atomic E-state index is 13.2. The number of alkyl halides is 3. The van der Waals surface area contributed by atoms with Crippen LogP contribution in [-0.2, 0) is 19.3 Å². The highest BCUT2D eigenvalue weighted by atomic mass is 127. The van der Waals surface area contributed by atoms with Gasteiger partial charge in [0.05, 0.1) is 19.2 Å². The number of halogens is 5. The second kappa shape index (κ2) is 11.1. The van der Waals surface area contributed by atoms with E-state index < -0.39 is 17.6 Å². The molecule has 0 aromatic heterocycles. The van der Waals surface area contributed by atoms with E-state index in [1.54, 1.807) is 25.1 Å². The van der Waals surface area contributed by atoms with E-state index in [9.17, 15) is 22.7 Å². The number of nitrogens with one attached hydrogen (secondary N) is 2. The van der Waals surface area contributed by atoms with Crippen molar-refractivity contribution in [1.82, 2.24) is 10.6 Å². The molecule has 10 heteroatoms. The molecule has 0 saturated heterocycles. The molecule has 0 aliphatic rings. The number of aromatic hydroxyl groups is 1. The van der Waals surface area contributed by atoms with Gasteiger partial charge < -0.3 is 20.5 Å². The lowest BCUT2D eigenvalue weighted by Gasteiger charge is -2.16. The lowest BCUT2D eigenvalue weighted by molar-refractivity contribution is -0.138. The van der Waals surface area contributed by atoms with Crippen LogP contribution in [0.15, 0.2) is 41.4 Å². The molecular formula is C19H22F4IN3O2. The molecule has 0 aliphatic heterocycles. The average molecular weight is 527 g/mol. The largest absolute Gasteiger partial charge is 0.504 e. The first kappa shape index (κ1) is 24.8. The van der Waals surface area contributed by atoms with Gasteiger partial charge in [0.15, 0.2) is 17.5 Å². The molecule has 0 saturated carbocycles. The topological polar surface area (TPSA) is 65.9 Å². The van der Waals surface area contributed by atoms with E-state index in [2.05, 4.69) is 15.6 Å². The summed E-state index contributed by atoms with van der Waals surface area (Å²) >= 11 is 0. The summed E-state index contributed by atoms with van der Waals surface area (Å²) in [6.45, 7) is 2.16. The van der Waals surface area contributed by atoms with Crippen LogP contribution in [0.25, 0.3) is 0 Å². The third-order valence-electron chi connectivity index (χ3n) is 3.88. The SMILES string of the molecule is CCNC(=NCc1cccc(OC)c1O)NCc1ccc(F)cc1C(F)(F)F.I. The monoisotopic (exact) mass is 527 g/mol. The number of para-hydroxylation sites is 1. The van der Waals surface area contributed by atoms with Crippen molar-refractivity contribution in [3.05, 3.63) is 58.9 Å². The standard InChI is InChI=1S/C19H21F4N3O2.HI/c1-3-24-18(26-11-13-5-4-6-16(28-2)17(13)27)25-10-12-7-8-14(20)9-15(12)19(21,22)23;/h4-9,27H,3,10-11H2,1-2H3,(H2,24,25,26);1H. The fraction of sp³-hybridized carbons (Fsp3) is 0.316. The number of guanidine groups is 1. The molecule has 0 fully saturated rings. The normalized spacial score (nSPS) is 11.6. The van der Waals surface area contributed by atoms with Crippen LogP contribution < -0.4 is 15.4 Å². The van der Waals surface area contributed by atoms with Crippen molar-refractivity contribution in [3.8, 4) is 11.5 Å². The minimum Gasteiger partial charge on any atom is -0.504 e. The molecule has 160 valence electrons. The third kappa shape index (κ3) is 6.94. The number of benzene rings is 2. The van der Waals surface area contributed by atoms with Crippen molar-refractivity contribution in [2.45, 2.75) is 26.2 Å². The lowest BCUT2D eigenvalue weighted by atomic mass is 10.1. The van der Waals surface area contributed by atoms with Crippen LogP contribution in [0.1, 0.15) is 23.6 Å². The molecular weight excluding hydrogens is 505 g/mol. The van der Waals surface area contributed by atoms with Gasteiger partial charge in [-0.2, -0.15) is 13.2 Å². The Hall–Kier alpha value is -2.24. The minimum atomic E-state index is -4.67. The summed E-state index contributed by atoms with van der Waals surface area (Å²) in [6.07, 6.45) is -4.67. The molecule has 2 aromatic rings. The second-order valence-electron chi connectivity index (χ2n) is 5.82. The smallest absolute Gasteiger partial charge is 0.416 e. The molecule has 0 heterocycles. The second-order valence-corrected chi connectivity index (χ2v) is 5.82. The Labute approximate surface area is 183 Å². The molecule has 29 heavy (non-hydrogen) atoms. The highest BCUT2D eigenvalue weighted by Gasteiger charge is 2.33. The third-order valence-corrected chi connectivity index (χ3v) is 3.88. The summed E-state index contributed by atoms with van der Waals surface area (Å²) in [5, 5.41) is 15.8. The molecule has 5 nitrogen and oxygen atoms in total. The van der Waals surface area contributed by atoms with E-state index in [0.29, 0.717) is 23.9 Å². The summed E-state index contributed by atoms with van der Waals surface area (Å²) in [6, 6.07) is 7.48. The van der Waals surface area contributed by atoms with Crippen LogP contribution in [0.2, 0.25) is 0 Å². The molecule has 0 amide bonds. The summed E-state index contributed by atoms with van der Waals surface area (Å²) in [4.78, 5) is 4.27. The highest BCUT2D eigenvalue weighted by Crippen LogP contribution is 2.32. The molecule has 0 unspecified atom stereocenters. The van der Waals surface area contributed by atoms with E-state index in [4.69, 9.17) is 4.74 Å². The van der Waals surface area contributed by atoms with Gasteiger partial charge in [0, 0.05) is 18.7 Å². The molecule has 0 atom stereocenters. The van der Waals surface area contributed by atoms with Gasteiger partial charge in [-0.25, -0.2) is 9.38 Å². The van der Waals surface area contributed by atoms with Crippen LogP contribution in [0.4, 0.5) is 17.6 Å². The average Bonchev–Trinajstić information content (AvgIpc) is 2.65. The first-order valence-electron chi connectivity index (χ1n) is 8.49. The van der Waals surface area contributed by atoms with Crippen LogP contribution in [0, 0.1) is 5.82 Å². The van der Waals surface area contributed by atoms with E-state index >= 15 is 0 Å². The molecule has 0 spiro atoms. The number of phenolic OH excluding ortho intramolecular Hbond substituents is 1. The Morgan fingerprint density at radius 2 is 1.86 bits per heavy atom. The van der Waals surface area contributed by atoms with Crippen LogP contribution in [0.3, 0.4) is 0 Å². The molecule has 0 radical (unpaired) electrons. The fourth-order valence-corrected chi connectivity index (χ4v) is 2.51. The quantitative estimate of drug-likeness (QED) is 0.225. The zero-order valence-corrected chi connectivity index (χ0v) is 18.1. The summed E-state index contributed by atoms with van der Waals surface area (Å²) < 4.78 is 57.6. The van der Waals surface area contributed by atoms with Crippen molar-refractivity contribution >= 4 is 29.9 Å². The van der Waals surface area contributed by atoms with Gasteiger partial charge in [-0.05, 0) is 30.7 Å². The molecule has 3 N–H and O–H groups in total. The molecule has 2 rings (SSSR count). The predicted octanol–water partition coefficient (Wildman–Crippen LogP) is 4.43. The van der Waals surface area contributed by atoms with Crippen molar-refractivity contribution in [2.75, 3.05) is 13.7 Å². The molecule has 2 aromatic carbocycles. The number of rotatable bonds is 6. The van der Waals surface area contributed by atoms with E-state index in [0.717, 1.165) is 12.1 Å². The van der Waals surface area contributed by atoms with Gasteiger partial charge in [-0.3, -0.25) is 0 Å². The Bertz CT molecular complexity index is 845. The van der Waals surface area contributed by atoms with Crippen molar-refractivity contribution < 1.29 is 27.4 Å². The van der Waals surface area contributed by atoms with Gasteiger partial charge in [-0.1, -0.05) is 18.2 Å². The van der Waals surface area contributed by atoms with Gasteiger partial charge in [-0.15, -0.1) is 24.0 Å². The minimum absolute atomic E-state index is 0. The summed E-state index contributed by atoms with van der Waals surface area (Å²) in [7, 11) is 1.43.